The van der Waals surface area contributed by atoms with E-state index in [0.717, 1.165) is 54.5 Å². The molecule has 0 saturated carbocycles. The van der Waals surface area contributed by atoms with Crippen LogP contribution in [-0.2, 0) is 4.74 Å². The average molecular weight is 395 g/mol. The van der Waals surface area contributed by atoms with Gasteiger partial charge < -0.3 is 9.64 Å². The molecule has 0 unspecified atom stereocenters. The first-order valence-corrected chi connectivity index (χ1v) is 10.1. The van der Waals surface area contributed by atoms with Crippen LogP contribution in [0.4, 0.5) is 0 Å². The number of aromatic nitrogens is 1. The Morgan fingerprint density at radius 2 is 1.79 bits per heavy atom. The van der Waals surface area contributed by atoms with Crippen LogP contribution in [0.2, 0.25) is 5.02 Å². The first kappa shape index (κ1) is 18.9. The van der Waals surface area contributed by atoms with E-state index in [1.165, 1.54) is 0 Å². The standard InChI is InChI=1S/C23H23ClN2O2/c1-2-26-13-11-16(12-14-26)28-23(27)20-15-25-22(18-8-4-3-7-17(18)20)19-9-5-6-10-21(19)24/h3-10,15-16H,2,11-14H2,1H3. The summed E-state index contributed by atoms with van der Waals surface area (Å²) in [6.45, 7) is 5.14. The smallest absolute Gasteiger partial charge is 0.340 e. The fourth-order valence-corrected chi connectivity index (χ4v) is 4.01. The monoisotopic (exact) mass is 394 g/mol. The third-order valence-electron chi connectivity index (χ3n) is 5.40. The molecule has 1 fully saturated rings. The molecule has 1 aliphatic rings. The topological polar surface area (TPSA) is 42.4 Å². The highest BCUT2D eigenvalue weighted by Gasteiger charge is 2.24. The zero-order valence-electron chi connectivity index (χ0n) is 15.9. The summed E-state index contributed by atoms with van der Waals surface area (Å²) in [6, 6.07) is 15.4. The molecule has 0 amide bonds. The Hall–Kier alpha value is -2.43. The molecule has 0 aliphatic carbocycles. The molecule has 0 atom stereocenters. The van der Waals surface area contributed by atoms with Crippen molar-refractivity contribution in [2.24, 2.45) is 0 Å². The van der Waals surface area contributed by atoms with E-state index in [2.05, 4.69) is 16.8 Å². The van der Waals surface area contributed by atoms with E-state index >= 15 is 0 Å². The normalized spacial score (nSPS) is 15.6. The van der Waals surface area contributed by atoms with Crippen LogP contribution in [0.1, 0.15) is 30.1 Å². The molecule has 0 bridgehead atoms. The largest absolute Gasteiger partial charge is 0.459 e. The number of likely N-dealkylation sites (tertiary alicyclic amines) is 1. The summed E-state index contributed by atoms with van der Waals surface area (Å²) in [6.07, 6.45) is 3.34. The van der Waals surface area contributed by atoms with Crippen molar-refractivity contribution in [2.45, 2.75) is 25.9 Å². The Morgan fingerprint density at radius 1 is 1.11 bits per heavy atom. The minimum absolute atomic E-state index is 0.0303. The summed E-state index contributed by atoms with van der Waals surface area (Å²) in [7, 11) is 0. The Kier molecular flexibility index (Phi) is 5.60. The van der Waals surface area contributed by atoms with Gasteiger partial charge in [0.2, 0.25) is 0 Å². The first-order valence-electron chi connectivity index (χ1n) is 9.73. The molecule has 2 heterocycles. The van der Waals surface area contributed by atoms with Gasteiger partial charge in [0.25, 0.3) is 0 Å². The SMILES string of the molecule is CCN1CCC(OC(=O)c2cnc(-c3ccccc3Cl)c3ccccc23)CC1. The second-order valence-electron chi connectivity index (χ2n) is 7.08. The molecule has 0 radical (unpaired) electrons. The summed E-state index contributed by atoms with van der Waals surface area (Å²) in [5.74, 6) is -0.302. The summed E-state index contributed by atoms with van der Waals surface area (Å²) >= 11 is 6.38. The molecule has 1 aromatic heterocycles. The van der Waals surface area contributed by atoms with Crippen molar-refractivity contribution in [1.82, 2.24) is 9.88 Å². The highest BCUT2D eigenvalue weighted by Crippen LogP contribution is 2.33. The van der Waals surface area contributed by atoms with Gasteiger partial charge in [0.1, 0.15) is 6.10 Å². The van der Waals surface area contributed by atoms with E-state index in [-0.39, 0.29) is 12.1 Å². The number of rotatable bonds is 4. The molecule has 3 aromatic rings. The van der Waals surface area contributed by atoms with Gasteiger partial charge >= 0.3 is 5.97 Å². The van der Waals surface area contributed by atoms with Gasteiger partial charge in [-0.25, -0.2) is 4.79 Å². The van der Waals surface area contributed by atoms with Gasteiger partial charge in [-0.1, -0.05) is 61.0 Å². The second kappa shape index (κ2) is 8.29. The molecule has 5 heteroatoms. The third kappa shape index (κ3) is 3.75. The van der Waals surface area contributed by atoms with Crippen molar-refractivity contribution in [3.63, 3.8) is 0 Å². The molecule has 0 spiro atoms. The highest BCUT2D eigenvalue weighted by molar-refractivity contribution is 6.33. The quantitative estimate of drug-likeness (QED) is 0.570. The van der Waals surface area contributed by atoms with Crippen LogP contribution in [0.5, 0.6) is 0 Å². The molecule has 1 saturated heterocycles. The number of fused-ring (bicyclic) bond motifs is 1. The number of hydrogen-bond donors (Lipinski definition) is 0. The molecular formula is C23H23ClN2O2. The molecule has 4 rings (SSSR count). The van der Waals surface area contributed by atoms with E-state index in [1.54, 1.807) is 6.20 Å². The maximum atomic E-state index is 12.9. The number of benzene rings is 2. The fourth-order valence-electron chi connectivity index (χ4n) is 3.78. The second-order valence-corrected chi connectivity index (χ2v) is 7.49. The lowest BCUT2D eigenvalue weighted by molar-refractivity contribution is 0.0121. The predicted molar refractivity (Wildman–Crippen MR) is 113 cm³/mol. The van der Waals surface area contributed by atoms with Gasteiger partial charge in [-0.2, -0.15) is 0 Å². The Bertz CT molecular complexity index is 997. The average Bonchev–Trinajstić information content (AvgIpc) is 2.74. The van der Waals surface area contributed by atoms with Crippen molar-refractivity contribution in [3.05, 3.63) is 65.3 Å². The zero-order chi connectivity index (χ0) is 19.5. The number of nitrogens with zero attached hydrogens (tertiary/aromatic N) is 2. The van der Waals surface area contributed by atoms with Crippen LogP contribution in [0.25, 0.3) is 22.0 Å². The van der Waals surface area contributed by atoms with Crippen LogP contribution in [0.15, 0.2) is 54.7 Å². The Morgan fingerprint density at radius 3 is 2.50 bits per heavy atom. The molecule has 1 aliphatic heterocycles. The number of pyridine rings is 1. The highest BCUT2D eigenvalue weighted by atomic mass is 35.5. The molecule has 4 nitrogen and oxygen atoms in total. The van der Waals surface area contributed by atoms with Crippen LogP contribution in [-0.4, -0.2) is 41.6 Å². The number of carbonyl (C=O) groups excluding carboxylic acids is 1. The number of carbonyl (C=O) groups is 1. The molecule has 0 N–H and O–H groups in total. The maximum Gasteiger partial charge on any atom is 0.340 e. The van der Waals surface area contributed by atoms with Gasteiger partial charge in [0, 0.05) is 35.3 Å². The van der Waals surface area contributed by atoms with Gasteiger partial charge in [-0.3, -0.25) is 4.98 Å². The minimum atomic E-state index is -0.302. The zero-order valence-corrected chi connectivity index (χ0v) is 16.7. The number of ether oxygens (including phenoxy) is 1. The third-order valence-corrected chi connectivity index (χ3v) is 5.73. The van der Waals surface area contributed by atoms with E-state index < -0.39 is 0 Å². The van der Waals surface area contributed by atoms with Gasteiger partial charge in [0.15, 0.2) is 0 Å². The fraction of sp³-hybridized carbons (Fsp3) is 0.304. The Labute approximate surface area is 170 Å². The van der Waals surface area contributed by atoms with E-state index in [0.29, 0.717) is 10.6 Å². The molecule has 28 heavy (non-hydrogen) atoms. The van der Waals surface area contributed by atoms with Crippen LogP contribution < -0.4 is 0 Å². The molecule has 144 valence electrons. The lowest BCUT2D eigenvalue weighted by Crippen LogP contribution is -2.37. The van der Waals surface area contributed by atoms with E-state index in [1.807, 2.05) is 48.5 Å². The van der Waals surface area contributed by atoms with Crippen molar-refractivity contribution in [2.75, 3.05) is 19.6 Å². The summed E-state index contributed by atoms with van der Waals surface area (Å²) < 4.78 is 5.82. The van der Waals surface area contributed by atoms with Crippen LogP contribution in [0, 0.1) is 0 Å². The first-order chi connectivity index (χ1) is 13.7. The summed E-state index contributed by atoms with van der Waals surface area (Å²) in [4.78, 5) is 19.8. The van der Waals surface area contributed by atoms with Gasteiger partial charge in [-0.15, -0.1) is 0 Å². The minimum Gasteiger partial charge on any atom is -0.459 e. The lowest BCUT2D eigenvalue weighted by Gasteiger charge is -2.30. The van der Waals surface area contributed by atoms with Crippen LogP contribution in [0.3, 0.4) is 0 Å². The van der Waals surface area contributed by atoms with Crippen molar-refractivity contribution < 1.29 is 9.53 Å². The van der Waals surface area contributed by atoms with E-state index in [9.17, 15) is 4.79 Å². The number of hydrogen-bond acceptors (Lipinski definition) is 4. The van der Waals surface area contributed by atoms with Crippen molar-refractivity contribution in [1.29, 1.82) is 0 Å². The number of piperidine rings is 1. The lowest BCUT2D eigenvalue weighted by atomic mass is 10.0. The summed E-state index contributed by atoms with van der Waals surface area (Å²) in [5, 5.41) is 2.37. The van der Waals surface area contributed by atoms with Crippen LogP contribution >= 0.6 is 11.6 Å². The number of halogens is 1. The van der Waals surface area contributed by atoms with Crippen molar-refractivity contribution in [3.8, 4) is 11.3 Å². The summed E-state index contributed by atoms with van der Waals surface area (Å²) in [5.41, 5.74) is 2.13. The number of esters is 1. The molecular weight excluding hydrogens is 372 g/mol. The van der Waals surface area contributed by atoms with Gasteiger partial charge in [-0.05, 0) is 30.8 Å². The van der Waals surface area contributed by atoms with E-state index in [4.69, 9.17) is 16.3 Å². The predicted octanol–water partition coefficient (Wildman–Crippen LogP) is 5.20. The maximum absolute atomic E-state index is 12.9. The molecule has 2 aromatic carbocycles. The van der Waals surface area contributed by atoms with Gasteiger partial charge in [0.05, 0.1) is 11.3 Å². The van der Waals surface area contributed by atoms with Crippen molar-refractivity contribution >= 4 is 28.3 Å². The Balaban J connectivity index is 1.65.